The summed E-state index contributed by atoms with van der Waals surface area (Å²) in [5.74, 6) is -1.53. The van der Waals surface area contributed by atoms with E-state index in [9.17, 15) is 18.0 Å². The lowest BCUT2D eigenvalue weighted by atomic mass is 10.1. The number of nitrogens with zero attached hydrogens (tertiary/aromatic N) is 3. The maximum atomic E-state index is 12.7. The summed E-state index contributed by atoms with van der Waals surface area (Å²) < 4.78 is 39.6. The lowest BCUT2D eigenvalue weighted by Crippen LogP contribution is -2.24. The molecule has 0 radical (unpaired) electrons. The Kier molecular flexibility index (Phi) is 4.58. The minimum atomic E-state index is -4.32. The monoisotopic (exact) mass is 316 g/mol. The van der Waals surface area contributed by atoms with Gasteiger partial charge in [0.2, 0.25) is 0 Å². The summed E-state index contributed by atoms with van der Waals surface area (Å²) in [5.41, 5.74) is -0.103. The largest absolute Gasteiger partial charge is 0.391 e. The summed E-state index contributed by atoms with van der Waals surface area (Å²) >= 11 is 0. The molecule has 0 spiro atoms. The Morgan fingerprint density at radius 1 is 1.32 bits per heavy atom. The minimum absolute atomic E-state index is 0.0371. The molecule has 1 unspecified atom stereocenters. The second-order valence-corrected chi connectivity index (χ2v) is 5.46. The predicted molar refractivity (Wildman–Crippen MR) is 76.7 cm³/mol. The molecule has 0 aliphatic heterocycles. The number of aromatic nitrogens is 4. The van der Waals surface area contributed by atoms with Gasteiger partial charge in [-0.1, -0.05) is 20.8 Å². The zero-order chi connectivity index (χ0) is 16.5. The van der Waals surface area contributed by atoms with E-state index in [0.717, 1.165) is 19.8 Å². The van der Waals surface area contributed by atoms with E-state index in [1.165, 1.54) is 6.20 Å². The first-order chi connectivity index (χ1) is 10.3. The van der Waals surface area contributed by atoms with Crippen LogP contribution in [0.3, 0.4) is 0 Å². The number of rotatable bonds is 5. The molecule has 2 aromatic rings. The lowest BCUT2D eigenvalue weighted by molar-refractivity contribution is -0.169. The number of hydrogen-bond donors (Lipinski definition) is 1. The average molecular weight is 316 g/mol. The van der Waals surface area contributed by atoms with Crippen LogP contribution in [0, 0.1) is 5.92 Å². The van der Waals surface area contributed by atoms with Crippen LogP contribution < -0.4 is 5.56 Å². The van der Waals surface area contributed by atoms with Crippen molar-refractivity contribution in [2.45, 2.75) is 52.3 Å². The summed E-state index contributed by atoms with van der Waals surface area (Å²) in [6.07, 6.45) is -1.66. The molecule has 1 N–H and O–H groups in total. The molecule has 5 nitrogen and oxygen atoms in total. The first-order valence-corrected chi connectivity index (χ1v) is 7.31. The molecule has 22 heavy (non-hydrogen) atoms. The Bertz CT molecular complexity index is 700. The zero-order valence-electron chi connectivity index (χ0n) is 12.7. The summed E-state index contributed by atoms with van der Waals surface area (Å²) in [6, 6.07) is 0.0692. The number of alkyl halides is 3. The van der Waals surface area contributed by atoms with Gasteiger partial charge in [-0.05, 0) is 12.8 Å². The Morgan fingerprint density at radius 3 is 2.50 bits per heavy atom. The molecule has 0 bridgehead atoms. The molecule has 0 saturated heterocycles. The van der Waals surface area contributed by atoms with Crippen LogP contribution in [-0.4, -0.2) is 25.9 Å². The Hall–Kier alpha value is -1.86. The third kappa shape index (κ3) is 3.15. The van der Waals surface area contributed by atoms with Crippen LogP contribution in [0.2, 0.25) is 0 Å². The molecule has 122 valence electrons. The molecular formula is C14H19F3N4O. The van der Waals surface area contributed by atoms with Crippen LogP contribution in [0.25, 0.3) is 11.0 Å². The Morgan fingerprint density at radius 2 is 1.95 bits per heavy atom. The van der Waals surface area contributed by atoms with Crippen LogP contribution in [-0.2, 0) is 6.42 Å². The highest BCUT2D eigenvalue weighted by atomic mass is 19.4. The second kappa shape index (κ2) is 6.10. The molecule has 0 saturated carbocycles. The van der Waals surface area contributed by atoms with E-state index < -0.39 is 17.7 Å². The standard InChI is InChI=1S/C14H19F3N4O/c1-4-9(5-2)21-12-10(7-18-21)13(22)20-11(19-12)6-8(3)14(15,16)17/h7-9H,4-6H2,1-3H3,(H,19,20,22). The van der Waals surface area contributed by atoms with Crippen molar-refractivity contribution >= 4 is 11.0 Å². The Balaban J connectivity index is 2.46. The van der Waals surface area contributed by atoms with Crippen molar-refractivity contribution in [2.24, 2.45) is 5.92 Å². The van der Waals surface area contributed by atoms with Crippen molar-refractivity contribution in [3.63, 3.8) is 0 Å². The number of H-pyrrole nitrogens is 1. The van der Waals surface area contributed by atoms with Gasteiger partial charge in [-0.3, -0.25) is 4.79 Å². The molecule has 1 atom stereocenters. The third-order valence-electron chi connectivity index (χ3n) is 3.86. The molecule has 0 amide bonds. The number of halogens is 3. The molecule has 0 aliphatic carbocycles. The van der Waals surface area contributed by atoms with Crippen molar-refractivity contribution in [1.82, 2.24) is 19.7 Å². The fourth-order valence-electron chi connectivity index (χ4n) is 2.39. The molecule has 2 rings (SSSR count). The SMILES string of the molecule is CCC(CC)n1ncc2c(=O)[nH]c(CC(C)C(F)(F)F)nc21. The molecule has 2 aromatic heterocycles. The Labute approximate surface area is 125 Å². The number of hydrogen-bond acceptors (Lipinski definition) is 3. The van der Waals surface area contributed by atoms with Gasteiger partial charge in [0.25, 0.3) is 5.56 Å². The first kappa shape index (κ1) is 16.5. The fraction of sp³-hybridized carbons (Fsp3) is 0.643. The van der Waals surface area contributed by atoms with Gasteiger partial charge < -0.3 is 4.98 Å². The summed E-state index contributed by atoms with van der Waals surface area (Å²) in [6.45, 7) is 5.05. The van der Waals surface area contributed by atoms with Crippen molar-refractivity contribution in [3.8, 4) is 0 Å². The molecule has 0 aliphatic rings. The van der Waals surface area contributed by atoms with Gasteiger partial charge in [0.15, 0.2) is 5.65 Å². The van der Waals surface area contributed by atoms with Crippen LogP contribution in [0.4, 0.5) is 13.2 Å². The van der Waals surface area contributed by atoms with Gasteiger partial charge >= 0.3 is 6.18 Å². The zero-order valence-corrected chi connectivity index (χ0v) is 12.7. The van der Waals surface area contributed by atoms with E-state index >= 15 is 0 Å². The quantitative estimate of drug-likeness (QED) is 0.921. The van der Waals surface area contributed by atoms with Gasteiger partial charge in [-0.2, -0.15) is 18.3 Å². The highest BCUT2D eigenvalue weighted by Gasteiger charge is 2.36. The van der Waals surface area contributed by atoms with Crippen LogP contribution in [0.5, 0.6) is 0 Å². The van der Waals surface area contributed by atoms with Crippen molar-refractivity contribution in [2.75, 3.05) is 0 Å². The van der Waals surface area contributed by atoms with Gasteiger partial charge in [-0.15, -0.1) is 0 Å². The van der Waals surface area contributed by atoms with Crippen LogP contribution in [0.15, 0.2) is 11.0 Å². The highest BCUT2D eigenvalue weighted by Crippen LogP contribution is 2.28. The number of fused-ring (bicyclic) bond motifs is 1. The van der Waals surface area contributed by atoms with E-state index in [-0.39, 0.29) is 18.3 Å². The molecule has 0 fully saturated rings. The fourth-order valence-corrected chi connectivity index (χ4v) is 2.39. The lowest BCUT2D eigenvalue weighted by Gasteiger charge is -2.16. The van der Waals surface area contributed by atoms with Gasteiger partial charge in [0, 0.05) is 6.42 Å². The van der Waals surface area contributed by atoms with E-state index in [4.69, 9.17) is 0 Å². The summed E-state index contributed by atoms with van der Waals surface area (Å²) in [5, 5.41) is 4.48. The first-order valence-electron chi connectivity index (χ1n) is 7.31. The smallest absolute Gasteiger partial charge is 0.310 e. The topological polar surface area (TPSA) is 63.6 Å². The van der Waals surface area contributed by atoms with Gasteiger partial charge in [0.1, 0.15) is 11.2 Å². The van der Waals surface area contributed by atoms with Crippen LogP contribution in [0.1, 0.15) is 45.5 Å². The van der Waals surface area contributed by atoms with E-state index in [2.05, 4.69) is 15.1 Å². The number of aromatic amines is 1. The maximum Gasteiger partial charge on any atom is 0.391 e. The molecular weight excluding hydrogens is 297 g/mol. The third-order valence-corrected chi connectivity index (χ3v) is 3.86. The molecule has 8 heteroatoms. The molecule has 0 aromatic carbocycles. The van der Waals surface area contributed by atoms with Crippen LogP contribution >= 0.6 is 0 Å². The molecule has 2 heterocycles. The summed E-state index contributed by atoms with van der Waals surface area (Å²) in [4.78, 5) is 18.6. The van der Waals surface area contributed by atoms with Gasteiger partial charge in [-0.25, -0.2) is 9.67 Å². The van der Waals surface area contributed by atoms with E-state index in [0.29, 0.717) is 11.0 Å². The van der Waals surface area contributed by atoms with Gasteiger partial charge in [0.05, 0.1) is 18.2 Å². The van der Waals surface area contributed by atoms with Crippen molar-refractivity contribution in [3.05, 3.63) is 22.4 Å². The maximum absolute atomic E-state index is 12.7. The summed E-state index contributed by atoms with van der Waals surface area (Å²) in [7, 11) is 0. The normalized spacial score (nSPS) is 14.0. The van der Waals surface area contributed by atoms with E-state index in [1.807, 2.05) is 13.8 Å². The van der Waals surface area contributed by atoms with Crippen molar-refractivity contribution in [1.29, 1.82) is 0 Å². The highest BCUT2D eigenvalue weighted by molar-refractivity contribution is 5.73. The van der Waals surface area contributed by atoms with E-state index in [1.54, 1.807) is 4.68 Å². The average Bonchev–Trinajstić information content (AvgIpc) is 2.84. The minimum Gasteiger partial charge on any atom is -0.310 e. The van der Waals surface area contributed by atoms with Crippen molar-refractivity contribution < 1.29 is 13.2 Å². The number of nitrogens with one attached hydrogen (secondary N) is 1. The second-order valence-electron chi connectivity index (χ2n) is 5.46. The predicted octanol–water partition coefficient (Wildman–Crippen LogP) is 3.22.